The zero-order valence-corrected chi connectivity index (χ0v) is 31.9. The summed E-state index contributed by atoms with van der Waals surface area (Å²) < 4.78 is 0. The van der Waals surface area contributed by atoms with E-state index in [9.17, 15) is 58.2 Å². The van der Waals surface area contributed by atoms with E-state index in [2.05, 4.69) is 42.2 Å². The number of carbonyl (C=O) groups excluding carboxylic acids is 7. The summed E-state index contributed by atoms with van der Waals surface area (Å²) in [5, 5.41) is 53.4. The Bertz CT molecular complexity index is 1470. The van der Waals surface area contributed by atoms with Crippen LogP contribution in [-0.2, 0) is 47.9 Å². The highest BCUT2D eigenvalue weighted by Crippen LogP contribution is 2.10. The number of carboxylic acid groups (broad SMARTS) is 3. The zero-order chi connectivity index (χ0) is 43.8. The van der Waals surface area contributed by atoms with E-state index in [1.165, 1.54) is 6.92 Å². The second-order valence-corrected chi connectivity index (χ2v) is 12.8. The number of rotatable bonds is 28. The van der Waals surface area contributed by atoms with E-state index in [0.717, 1.165) is 0 Å². The van der Waals surface area contributed by atoms with Crippen molar-refractivity contribution in [2.75, 3.05) is 26.2 Å². The Morgan fingerprint density at radius 3 is 1.54 bits per heavy atom. The number of aliphatic hydroxyl groups excluding tert-OH is 1. The number of carbonyl (C=O) groups is 10. The molecule has 0 aliphatic rings. The average molecular weight is 818 g/mol. The van der Waals surface area contributed by atoms with Crippen molar-refractivity contribution in [1.29, 1.82) is 0 Å². The van der Waals surface area contributed by atoms with Crippen LogP contribution in [0, 0.1) is 5.92 Å². The number of carboxylic acids is 3. The number of hydrogen-bond acceptors (Lipinski definition) is 13. The number of amides is 7. The second-order valence-electron chi connectivity index (χ2n) is 12.8. The molecule has 25 nitrogen and oxygen atoms in total. The monoisotopic (exact) mass is 817 g/mol. The second kappa shape index (κ2) is 26.7. The third-order valence-electron chi connectivity index (χ3n) is 8.03. The number of nitrogens with two attached hydrogens (primary N) is 3. The van der Waals surface area contributed by atoms with Crippen LogP contribution >= 0.6 is 0 Å². The van der Waals surface area contributed by atoms with E-state index >= 15 is 0 Å². The Morgan fingerprint density at radius 2 is 1.09 bits per heavy atom. The summed E-state index contributed by atoms with van der Waals surface area (Å²) in [6.45, 7) is 2.22. The molecule has 0 bridgehead atoms. The number of hydrogen-bond donors (Lipinski definition) is 14. The third-order valence-corrected chi connectivity index (χ3v) is 8.03. The minimum absolute atomic E-state index is 0.0568. The van der Waals surface area contributed by atoms with E-state index in [4.69, 9.17) is 27.4 Å². The molecule has 0 heterocycles. The molecular formula is C32H55N11O14. The normalized spacial score (nSPS) is 14.3. The smallest absolute Gasteiger partial charge is 0.326 e. The first-order valence-electron chi connectivity index (χ1n) is 17.8. The van der Waals surface area contributed by atoms with Gasteiger partial charge in [0.15, 0.2) is 5.96 Å². The van der Waals surface area contributed by atoms with Crippen molar-refractivity contribution in [2.45, 2.75) is 102 Å². The molecule has 0 aliphatic heterocycles. The van der Waals surface area contributed by atoms with Gasteiger partial charge >= 0.3 is 17.9 Å². The van der Waals surface area contributed by atoms with Gasteiger partial charge in [-0.2, -0.15) is 0 Å². The minimum Gasteiger partial charge on any atom is -0.481 e. The van der Waals surface area contributed by atoms with Crippen LogP contribution in [-0.4, -0.2) is 148 Å². The van der Waals surface area contributed by atoms with Gasteiger partial charge < -0.3 is 74.8 Å². The molecule has 17 N–H and O–H groups in total. The molecule has 7 amide bonds. The highest BCUT2D eigenvalue weighted by atomic mass is 16.4. The van der Waals surface area contributed by atoms with Gasteiger partial charge in [0.05, 0.1) is 25.7 Å². The summed E-state index contributed by atoms with van der Waals surface area (Å²) in [5.41, 5.74) is 15.9. The topological polar surface area (TPSA) is 426 Å². The molecule has 0 saturated heterocycles. The molecule has 0 rings (SSSR count). The number of aliphatic carboxylic acids is 3. The van der Waals surface area contributed by atoms with E-state index < -0.39 is 147 Å². The fourth-order valence-electron chi connectivity index (χ4n) is 4.63. The summed E-state index contributed by atoms with van der Waals surface area (Å²) in [7, 11) is 0. The van der Waals surface area contributed by atoms with Crippen LogP contribution in [0.25, 0.3) is 0 Å². The standard InChI is InChI=1S/C32H55N11O14/c1-4-15(2)25(30(55)42-19(31(56)57)6-5-11-36-32(34)35)43-29(54)20(14-44)40-22(46)13-38-27(52)17(7-9-23(47)48)41-28(53)18(8-10-24(49)50)39-21(45)12-37-26(51)16(3)33/h15-20,25,44H,4-14,33H2,1-3H3,(H,37,51)(H,38,52)(H,39,45)(H,40,46)(H,41,53)(H,42,55)(H,43,54)(H,47,48)(H,49,50)(H,56,57)(H4,34,35,36)/t15-,16-,17-,18-,19-,20-,25-/m0/s1. The predicted octanol–water partition coefficient (Wildman–Crippen LogP) is -6.10. The van der Waals surface area contributed by atoms with E-state index in [1.54, 1.807) is 13.8 Å². The lowest BCUT2D eigenvalue weighted by molar-refractivity contribution is -0.143. The molecule has 0 unspecified atom stereocenters. The molecule has 322 valence electrons. The number of aliphatic hydroxyl groups is 1. The number of guanidine groups is 1. The molecule has 0 aromatic carbocycles. The fourth-order valence-corrected chi connectivity index (χ4v) is 4.63. The quantitative estimate of drug-likeness (QED) is 0.0198. The molecule has 0 fully saturated rings. The van der Waals surface area contributed by atoms with E-state index in [-0.39, 0.29) is 25.3 Å². The van der Waals surface area contributed by atoms with Gasteiger partial charge in [0.25, 0.3) is 0 Å². The molecule has 0 aromatic rings. The van der Waals surface area contributed by atoms with Crippen molar-refractivity contribution in [3.05, 3.63) is 0 Å². The van der Waals surface area contributed by atoms with Crippen LogP contribution in [0.1, 0.15) is 65.7 Å². The molecule has 7 atom stereocenters. The molecule has 25 heteroatoms. The van der Waals surface area contributed by atoms with Gasteiger partial charge in [-0.1, -0.05) is 20.3 Å². The summed E-state index contributed by atoms with van der Waals surface area (Å²) in [5.74, 6) is -11.6. The lowest BCUT2D eigenvalue weighted by atomic mass is 9.97. The summed E-state index contributed by atoms with van der Waals surface area (Å²) in [4.78, 5) is 127. The molecule has 0 radical (unpaired) electrons. The summed E-state index contributed by atoms with van der Waals surface area (Å²) in [6, 6.07) is -8.54. The van der Waals surface area contributed by atoms with Gasteiger partial charge in [0.1, 0.15) is 30.2 Å². The summed E-state index contributed by atoms with van der Waals surface area (Å²) >= 11 is 0. The Kier molecular flexibility index (Phi) is 23.8. The van der Waals surface area contributed by atoms with Crippen LogP contribution in [0.2, 0.25) is 0 Å². The van der Waals surface area contributed by atoms with Gasteiger partial charge in [-0.15, -0.1) is 0 Å². The van der Waals surface area contributed by atoms with Gasteiger partial charge in [-0.3, -0.25) is 48.1 Å². The van der Waals surface area contributed by atoms with Crippen molar-refractivity contribution < 1.29 is 68.4 Å². The highest BCUT2D eigenvalue weighted by molar-refractivity contribution is 5.96. The lowest BCUT2D eigenvalue weighted by Crippen LogP contribution is -2.59. The van der Waals surface area contributed by atoms with Crippen molar-refractivity contribution in [3.8, 4) is 0 Å². The molecule has 0 aromatic heterocycles. The van der Waals surface area contributed by atoms with Crippen molar-refractivity contribution in [1.82, 2.24) is 37.2 Å². The van der Waals surface area contributed by atoms with Gasteiger partial charge in [0, 0.05) is 19.4 Å². The van der Waals surface area contributed by atoms with Gasteiger partial charge in [-0.25, -0.2) is 4.79 Å². The summed E-state index contributed by atoms with van der Waals surface area (Å²) in [6.07, 6.45) is -1.82. The molecule has 0 spiro atoms. The highest BCUT2D eigenvalue weighted by Gasteiger charge is 2.33. The van der Waals surface area contributed by atoms with E-state index in [1.807, 2.05) is 0 Å². The van der Waals surface area contributed by atoms with Crippen molar-refractivity contribution >= 4 is 65.2 Å². The zero-order valence-electron chi connectivity index (χ0n) is 31.9. The first-order valence-corrected chi connectivity index (χ1v) is 17.8. The number of nitrogens with one attached hydrogen (secondary N) is 7. The van der Waals surface area contributed by atoms with Crippen LogP contribution in [0.5, 0.6) is 0 Å². The van der Waals surface area contributed by atoms with Gasteiger partial charge in [-0.05, 0) is 38.5 Å². The van der Waals surface area contributed by atoms with Crippen molar-refractivity contribution in [3.63, 3.8) is 0 Å². The lowest BCUT2D eigenvalue weighted by Gasteiger charge is -2.27. The Balaban J connectivity index is 5.71. The average Bonchev–Trinajstić information content (AvgIpc) is 3.13. The molecular weight excluding hydrogens is 762 g/mol. The van der Waals surface area contributed by atoms with Crippen LogP contribution in [0.15, 0.2) is 4.99 Å². The Morgan fingerprint density at radius 1 is 0.614 bits per heavy atom. The van der Waals surface area contributed by atoms with Crippen LogP contribution in [0.3, 0.4) is 0 Å². The first kappa shape index (κ1) is 50.9. The molecule has 57 heavy (non-hydrogen) atoms. The maximum Gasteiger partial charge on any atom is 0.326 e. The maximum absolute atomic E-state index is 13.1. The van der Waals surface area contributed by atoms with Crippen molar-refractivity contribution in [2.24, 2.45) is 28.1 Å². The SMILES string of the molecule is CC[C@H](C)[C@H](NC(=O)[C@H](CO)NC(=O)CNC(=O)[C@H](CCC(=O)O)NC(=O)[C@H](CCC(=O)O)NC(=O)CNC(=O)[C@H](C)N)C(=O)N[C@@H](CCCN=C(N)N)C(=O)O. The van der Waals surface area contributed by atoms with Crippen LogP contribution in [0.4, 0.5) is 0 Å². The number of aliphatic imine (C=N–C) groups is 1. The van der Waals surface area contributed by atoms with Gasteiger partial charge in [0.2, 0.25) is 41.4 Å². The van der Waals surface area contributed by atoms with E-state index in [0.29, 0.717) is 6.42 Å². The fraction of sp³-hybridized carbons (Fsp3) is 0.656. The minimum atomic E-state index is -1.68. The first-order chi connectivity index (χ1) is 26.6. The third kappa shape index (κ3) is 21.5. The predicted molar refractivity (Wildman–Crippen MR) is 197 cm³/mol. The Hall–Kier alpha value is -6.11. The molecule has 0 aliphatic carbocycles. The largest absolute Gasteiger partial charge is 0.481 e. The van der Waals surface area contributed by atoms with Crippen LogP contribution < -0.4 is 54.4 Å². The molecule has 0 saturated carbocycles. The maximum atomic E-state index is 13.1. The Labute approximate surface area is 327 Å². The number of nitrogens with zero attached hydrogens (tertiary/aromatic N) is 1.